The Balaban J connectivity index is 1.31. The number of hydrogen-bond donors (Lipinski definition) is 0. The molecule has 0 bridgehead atoms. The number of piperidine rings is 1. The van der Waals surface area contributed by atoms with Gasteiger partial charge < -0.3 is 4.90 Å². The Hall–Kier alpha value is -1.62. The third-order valence-corrected chi connectivity index (χ3v) is 8.07. The van der Waals surface area contributed by atoms with Gasteiger partial charge in [0, 0.05) is 55.0 Å². The maximum Gasteiger partial charge on any atom is 0.128 e. The summed E-state index contributed by atoms with van der Waals surface area (Å²) in [6, 6.07) is 16.0. The van der Waals surface area contributed by atoms with Crippen molar-refractivity contribution in [2.75, 3.05) is 38.1 Å². The monoisotopic (exact) mass is 424 g/mol. The van der Waals surface area contributed by atoms with Crippen molar-refractivity contribution in [2.45, 2.75) is 56.1 Å². The summed E-state index contributed by atoms with van der Waals surface area (Å²) in [6.07, 6.45) is 9.59. The topological polar surface area (TPSA) is 22.6 Å². The largest absolute Gasteiger partial charge is 0.357 e. The number of pyridine rings is 1. The number of halogens is 1. The van der Waals surface area contributed by atoms with E-state index >= 15 is 0 Å². The lowest BCUT2D eigenvalue weighted by Gasteiger charge is -2.59. The molecule has 1 atom stereocenters. The SMILES string of the molecule is CN1CC(Cc2ccc(Cl)cc2)N(C2CCN(c3ccccn3)CC2)CC12CCC2. The molecule has 3 heterocycles. The molecular weight excluding hydrogens is 392 g/mol. The molecule has 0 radical (unpaired) electrons. The first-order valence-corrected chi connectivity index (χ1v) is 11.9. The average molecular weight is 425 g/mol. The zero-order chi connectivity index (χ0) is 20.6. The number of hydrogen-bond acceptors (Lipinski definition) is 4. The van der Waals surface area contributed by atoms with Crippen molar-refractivity contribution in [3.8, 4) is 0 Å². The van der Waals surface area contributed by atoms with Crippen molar-refractivity contribution in [3.63, 3.8) is 0 Å². The number of likely N-dealkylation sites (N-methyl/N-ethyl adjacent to an activating group) is 1. The smallest absolute Gasteiger partial charge is 0.128 e. The molecule has 1 aromatic heterocycles. The number of nitrogens with zero attached hydrogens (tertiary/aromatic N) is 4. The molecule has 4 nitrogen and oxygen atoms in total. The fourth-order valence-electron chi connectivity index (χ4n) is 5.80. The number of piperazine rings is 1. The molecule has 30 heavy (non-hydrogen) atoms. The van der Waals surface area contributed by atoms with Gasteiger partial charge in [-0.2, -0.15) is 0 Å². The Kier molecular flexibility index (Phi) is 5.74. The minimum absolute atomic E-state index is 0.425. The van der Waals surface area contributed by atoms with Crippen LogP contribution in [0.1, 0.15) is 37.7 Å². The molecule has 3 fully saturated rings. The molecular formula is C25H33ClN4. The predicted molar refractivity (Wildman–Crippen MR) is 124 cm³/mol. The van der Waals surface area contributed by atoms with Crippen LogP contribution in [0, 0.1) is 0 Å². The maximum atomic E-state index is 6.13. The molecule has 160 valence electrons. The molecule has 1 unspecified atom stereocenters. The third-order valence-electron chi connectivity index (χ3n) is 7.82. The van der Waals surface area contributed by atoms with Crippen LogP contribution in [0.2, 0.25) is 5.02 Å². The fourth-order valence-corrected chi connectivity index (χ4v) is 5.92. The van der Waals surface area contributed by atoms with E-state index in [4.69, 9.17) is 11.6 Å². The van der Waals surface area contributed by atoms with Crippen molar-refractivity contribution in [2.24, 2.45) is 0 Å². The van der Waals surface area contributed by atoms with Crippen LogP contribution in [0.5, 0.6) is 0 Å². The van der Waals surface area contributed by atoms with Gasteiger partial charge in [0.1, 0.15) is 5.82 Å². The molecule has 1 saturated carbocycles. The highest BCUT2D eigenvalue weighted by atomic mass is 35.5. The van der Waals surface area contributed by atoms with Crippen molar-refractivity contribution >= 4 is 17.4 Å². The van der Waals surface area contributed by atoms with Crippen molar-refractivity contribution in [1.82, 2.24) is 14.8 Å². The number of anilines is 1. The minimum Gasteiger partial charge on any atom is -0.357 e. The Morgan fingerprint density at radius 2 is 1.83 bits per heavy atom. The van der Waals surface area contributed by atoms with E-state index in [2.05, 4.69) is 51.0 Å². The van der Waals surface area contributed by atoms with Gasteiger partial charge in [0.25, 0.3) is 0 Å². The summed E-state index contributed by atoms with van der Waals surface area (Å²) in [4.78, 5) is 12.6. The molecule has 0 N–H and O–H groups in total. The second-order valence-corrected chi connectivity index (χ2v) is 9.96. The molecule has 2 aromatic rings. The van der Waals surface area contributed by atoms with Crippen LogP contribution >= 0.6 is 11.6 Å². The number of rotatable bonds is 4. The number of benzene rings is 1. The van der Waals surface area contributed by atoms with Crippen LogP contribution in [0.15, 0.2) is 48.7 Å². The van der Waals surface area contributed by atoms with Gasteiger partial charge in [0.2, 0.25) is 0 Å². The Morgan fingerprint density at radius 3 is 2.47 bits per heavy atom. The molecule has 2 saturated heterocycles. The Morgan fingerprint density at radius 1 is 1.07 bits per heavy atom. The first kappa shape index (κ1) is 20.3. The summed E-state index contributed by atoms with van der Waals surface area (Å²) in [7, 11) is 2.36. The van der Waals surface area contributed by atoms with E-state index in [9.17, 15) is 0 Å². The molecule has 2 aliphatic heterocycles. The highest BCUT2D eigenvalue weighted by Crippen LogP contribution is 2.42. The van der Waals surface area contributed by atoms with E-state index in [1.807, 2.05) is 24.4 Å². The van der Waals surface area contributed by atoms with Crippen LogP contribution < -0.4 is 4.90 Å². The molecule has 1 spiro atoms. The summed E-state index contributed by atoms with van der Waals surface area (Å²) in [6.45, 7) is 4.61. The van der Waals surface area contributed by atoms with Crippen LogP contribution in [-0.4, -0.2) is 65.6 Å². The molecule has 5 heteroatoms. The molecule has 5 rings (SSSR count). The normalized spacial score (nSPS) is 25.4. The summed E-state index contributed by atoms with van der Waals surface area (Å²) in [5, 5.41) is 0.826. The van der Waals surface area contributed by atoms with E-state index in [1.165, 1.54) is 50.8 Å². The van der Waals surface area contributed by atoms with Gasteiger partial charge in [-0.1, -0.05) is 29.8 Å². The van der Waals surface area contributed by atoms with Crippen LogP contribution in [0.4, 0.5) is 5.82 Å². The molecule has 3 aliphatic rings. The van der Waals surface area contributed by atoms with Gasteiger partial charge in [0.15, 0.2) is 0 Å². The summed E-state index contributed by atoms with van der Waals surface area (Å²) in [5.41, 5.74) is 1.83. The lowest BCUT2D eigenvalue weighted by Crippen LogP contribution is -2.69. The lowest BCUT2D eigenvalue weighted by molar-refractivity contribution is -0.0823. The highest BCUT2D eigenvalue weighted by Gasteiger charge is 2.48. The van der Waals surface area contributed by atoms with E-state index in [1.54, 1.807) is 0 Å². The summed E-state index contributed by atoms with van der Waals surface area (Å²) >= 11 is 6.13. The quantitative estimate of drug-likeness (QED) is 0.721. The zero-order valence-corrected chi connectivity index (χ0v) is 18.8. The first-order valence-electron chi connectivity index (χ1n) is 11.5. The fraction of sp³-hybridized carbons (Fsp3) is 0.560. The van der Waals surface area contributed by atoms with E-state index in [0.717, 1.165) is 30.4 Å². The predicted octanol–water partition coefficient (Wildman–Crippen LogP) is 4.49. The average Bonchev–Trinajstić information content (AvgIpc) is 2.75. The second kappa shape index (κ2) is 8.49. The van der Waals surface area contributed by atoms with Crippen LogP contribution in [0.25, 0.3) is 0 Å². The second-order valence-electron chi connectivity index (χ2n) is 9.52. The Bertz CT molecular complexity index is 828. The van der Waals surface area contributed by atoms with Crippen molar-refractivity contribution in [3.05, 3.63) is 59.2 Å². The minimum atomic E-state index is 0.425. The van der Waals surface area contributed by atoms with Gasteiger partial charge >= 0.3 is 0 Å². The van der Waals surface area contributed by atoms with Gasteiger partial charge in [-0.05, 0) is 75.4 Å². The van der Waals surface area contributed by atoms with Gasteiger partial charge in [0.05, 0.1) is 0 Å². The van der Waals surface area contributed by atoms with Gasteiger partial charge in [-0.3, -0.25) is 9.80 Å². The van der Waals surface area contributed by atoms with E-state index in [0.29, 0.717) is 17.6 Å². The number of aromatic nitrogens is 1. The highest BCUT2D eigenvalue weighted by molar-refractivity contribution is 6.30. The third kappa shape index (κ3) is 3.98. The van der Waals surface area contributed by atoms with Crippen molar-refractivity contribution in [1.29, 1.82) is 0 Å². The summed E-state index contributed by atoms with van der Waals surface area (Å²) in [5.74, 6) is 1.13. The van der Waals surface area contributed by atoms with Crippen molar-refractivity contribution < 1.29 is 0 Å². The van der Waals surface area contributed by atoms with E-state index < -0.39 is 0 Å². The first-order chi connectivity index (χ1) is 14.6. The lowest BCUT2D eigenvalue weighted by atomic mass is 9.72. The van der Waals surface area contributed by atoms with Crippen LogP contribution in [-0.2, 0) is 6.42 Å². The zero-order valence-electron chi connectivity index (χ0n) is 18.0. The molecule has 1 aliphatic carbocycles. The Labute approximate surface area is 185 Å². The molecule has 1 aromatic carbocycles. The van der Waals surface area contributed by atoms with Gasteiger partial charge in [-0.25, -0.2) is 4.98 Å². The van der Waals surface area contributed by atoms with E-state index in [-0.39, 0.29) is 0 Å². The van der Waals surface area contributed by atoms with Gasteiger partial charge in [-0.15, -0.1) is 0 Å². The van der Waals surface area contributed by atoms with Crippen LogP contribution in [0.3, 0.4) is 0 Å². The maximum absolute atomic E-state index is 6.13. The molecule has 0 amide bonds. The standard InChI is InChI=1S/C25H33ClN4/c1-28-18-23(17-20-6-8-21(26)9-7-20)30(19-25(28)12-4-13-25)22-10-15-29(16-11-22)24-5-2-3-14-27-24/h2-3,5-9,14,22-23H,4,10-13,15-19H2,1H3. The summed E-state index contributed by atoms with van der Waals surface area (Å²) < 4.78 is 0.